The molecule has 0 heterocycles. The van der Waals surface area contributed by atoms with E-state index < -0.39 is 5.82 Å². The molecule has 1 rings (SSSR count). The van der Waals surface area contributed by atoms with E-state index in [1.165, 1.54) is 6.07 Å². The van der Waals surface area contributed by atoms with Gasteiger partial charge in [-0.05, 0) is 24.5 Å². The van der Waals surface area contributed by atoms with E-state index in [4.69, 9.17) is 10.5 Å². The van der Waals surface area contributed by atoms with Crippen molar-refractivity contribution in [2.24, 2.45) is 5.92 Å². The SMILES string of the molecule is CCCC(C)COc1cccc(F)c1N. The lowest BCUT2D eigenvalue weighted by Crippen LogP contribution is -2.09. The number of benzene rings is 1. The highest BCUT2D eigenvalue weighted by Crippen LogP contribution is 2.24. The summed E-state index contributed by atoms with van der Waals surface area (Å²) in [7, 11) is 0. The number of hydrogen-bond donors (Lipinski definition) is 1. The van der Waals surface area contributed by atoms with Crippen LogP contribution in [0.2, 0.25) is 0 Å². The van der Waals surface area contributed by atoms with Gasteiger partial charge in [-0.1, -0.05) is 26.3 Å². The quantitative estimate of drug-likeness (QED) is 0.759. The number of rotatable bonds is 5. The molecule has 1 atom stereocenters. The summed E-state index contributed by atoms with van der Waals surface area (Å²) >= 11 is 0. The maximum Gasteiger partial charge on any atom is 0.149 e. The Morgan fingerprint density at radius 3 is 2.87 bits per heavy atom. The van der Waals surface area contributed by atoms with Crippen molar-refractivity contribution in [3.63, 3.8) is 0 Å². The topological polar surface area (TPSA) is 35.2 Å². The number of hydrogen-bond acceptors (Lipinski definition) is 2. The van der Waals surface area contributed by atoms with Gasteiger partial charge in [-0.2, -0.15) is 0 Å². The van der Waals surface area contributed by atoms with E-state index in [9.17, 15) is 4.39 Å². The summed E-state index contributed by atoms with van der Waals surface area (Å²) in [6.45, 7) is 4.83. The molecule has 0 aliphatic carbocycles. The smallest absolute Gasteiger partial charge is 0.149 e. The highest BCUT2D eigenvalue weighted by atomic mass is 19.1. The third-order valence-electron chi connectivity index (χ3n) is 2.32. The molecule has 0 aromatic heterocycles. The summed E-state index contributed by atoms with van der Waals surface area (Å²) in [5.74, 6) is 0.492. The van der Waals surface area contributed by atoms with Crippen LogP contribution >= 0.6 is 0 Å². The highest BCUT2D eigenvalue weighted by molar-refractivity contribution is 5.53. The lowest BCUT2D eigenvalue weighted by molar-refractivity contribution is 0.252. The van der Waals surface area contributed by atoms with Crippen LogP contribution in [0.25, 0.3) is 0 Å². The van der Waals surface area contributed by atoms with Crippen molar-refractivity contribution >= 4 is 5.69 Å². The maximum absolute atomic E-state index is 13.0. The van der Waals surface area contributed by atoms with Crippen molar-refractivity contribution in [3.05, 3.63) is 24.0 Å². The lowest BCUT2D eigenvalue weighted by Gasteiger charge is -2.13. The first-order chi connectivity index (χ1) is 7.15. The summed E-state index contributed by atoms with van der Waals surface area (Å²) in [6.07, 6.45) is 2.23. The van der Waals surface area contributed by atoms with Crippen LogP contribution in [0, 0.1) is 11.7 Å². The van der Waals surface area contributed by atoms with Gasteiger partial charge in [0.25, 0.3) is 0 Å². The molecule has 0 spiro atoms. The fraction of sp³-hybridized carbons (Fsp3) is 0.500. The molecule has 2 N–H and O–H groups in total. The van der Waals surface area contributed by atoms with Crippen molar-refractivity contribution in [1.82, 2.24) is 0 Å². The van der Waals surface area contributed by atoms with E-state index in [1.54, 1.807) is 12.1 Å². The van der Waals surface area contributed by atoms with Gasteiger partial charge in [0, 0.05) is 0 Å². The van der Waals surface area contributed by atoms with E-state index in [2.05, 4.69) is 13.8 Å². The van der Waals surface area contributed by atoms with Gasteiger partial charge in [0.15, 0.2) is 0 Å². The molecule has 84 valence electrons. The zero-order valence-electron chi connectivity index (χ0n) is 9.29. The van der Waals surface area contributed by atoms with Crippen molar-refractivity contribution in [2.75, 3.05) is 12.3 Å². The van der Waals surface area contributed by atoms with Crippen LogP contribution in [0.3, 0.4) is 0 Å². The van der Waals surface area contributed by atoms with E-state index in [0.717, 1.165) is 12.8 Å². The van der Waals surface area contributed by atoms with Crippen LogP contribution in [-0.4, -0.2) is 6.61 Å². The molecule has 2 nitrogen and oxygen atoms in total. The Labute approximate surface area is 90.2 Å². The molecule has 0 aliphatic heterocycles. The first-order valence-electron chi connectivity index (χ1n) is 5.32. The molecule has 0 bridgehead atoms. The van der Waals surface area contributed by atoms with Crippen molar-refractivity contribution in [2.45, 2.75) is 26.7 Å². The molecule has 0 radical (unpaired) electrons. The molecule has 1 unspecified atom stereocenters. The first kappa shape index (κ1) is 11.8. The minimum Gasteiger partial charge on any atom is -0.491 e. The normalized spacial score (nSPS) is 12.5. The molecule has 0 aliphatic rings. The van der Waals surface area contributed by atoms with Crippen LogP contribution in [0.4, 0.5) is 10.1 Å². The van der Waals surface area contributed by atoms with E-state index in [1.807, 2.05) is 0 Å². The summed E-state index contributed by atoms with van der Waals surface area (Å²) < 4.78 is 18.5. The van der Waals surface area contributed by atoms with Crippen molar-refractivity contribution < 1.29 is 9.13 Å². The summed E-state index contributed by atoms with van der Waals surface area (Å²) in [6, 6.07) is 4.63. The second-order valence-electron chi connectivity index (χ2n) is 3.86. The van der Waals surface area contributed by atoms with Crippen LogP contribution < -0.4 is 10.5 Å². The van der Waals surface area contributed by atoms with Gasteiger partial charge in [-0.3, -0.25) is 0 Å². The third-order valence-corrected chi connectivity index (χ3v) is 2.32. The second kappa shape index (κ2) is 5.59. The Kier molecular flexibility index (Phi) is 4.40. The molecule has 1 aromatic carbocycles. The summed E-state index contributed by atoms with van der Waals surface area (Å²) in [5.41, 5.74) is 5.64. The maximum atomic E-state index is 13.0. The molecule has 1 aromatic rings. The van der Waals surface area contributed by atoms with E-state index in [0.29, 0.717) is 18.3 Å². The molecule has 3 heteroatoms. The number of para-hydroxylation sites is 1. The van der Waals surface area contributed by atoms with Crippen LogP contribution in [0.15, 0.2) is 18.2 Å². The minimum absolute atomic E-state index is 0.0983. The highest BCUT2D eigenvalue weighted by Gasteiger charge is 2.07. The Hall–Kier alpha value is -1.25. The average molecular weight is 211 g/mol. The summed E-state index contributed by atoms with van der Waals surface area (Å²) in [4.78, 5) is 0. The molecule has 0 fully saturated rings. The van der Waals surface area contributed by atoms with Gasteiger partial charge in [0.05, 0.1) is 6.61 Å². The van der Waals surface area contributed by atoms with Crippen LogP contribution in [0.1, 0.15) is 26.7 Å². The Morgan fingerprint density at radius 2 is 2.20 bits per heavy atom. The fourth-order valence-electron chi connectivity index (χ4n) is 1.45. The number of nitrogens with two attached hydrogens (primary N) is 1. The van der Waals surface area contributed by atoms with Crippen molar-refractivity contribution in [3.8, 4) is 5.75 Å². The van der Waals surface area contributed by atoms with Gasteiger partial charge in [-0.25, -0.2) is 4.39 Å². The third kappa shape index (κ3) is 3.42. The average Bonchev–Trinajstić information content (AvgIpc) is 2.21. The Balaban J connectivity index is 2.54. The number of halogens is 1. The molecule has 0 saturated heterocycles. The number of nitrogen functional groups attached to an aromatic ring is 1. The fourth-order valence-corrected chi connectivity index (χ4v) is 1.45. The second-order valence-corrected chi connectivity index (χ2v) is 3.86. The minimum atomic E-state index is -0.421. The molecular formula is C12H18FNO. The number of anilines is 1. The summed E-state index contributed by atoms with van der Waals surface area (Å²) in [5, 5.41) is 0. The zero-order chi connectivity index (χ0) is 11.3. The van der Waals surface area contributed by atoms with Gasteiger partial charge < -0.3 is 10.5 Å². The van der Waals surface area contributed by atoms with Crippen molar-refractivity contribution in [1.29, 1.82) is 0 Å². The van der Waals surface area contributed by atoms with E-state index in [-0.39, 0.29) is 5.69 Å². The molecule has 0 amide bonds. The standard InChI is InChI=1S/C12H18FNO/c1-3-5-9(2)8-15-11-7-4-6-10(13)12(11)14/h4,6-7,9H,3,5,8,14H2,1-2H3. The molecule has 0 saturated carbocycles. The molecule has 15 heavy (non-hydrogen) atoms. The van der Waals surface area contributed by atoms with Gasteiger partial charge in [0.2, 0.25) is 0 Å². The van der Waals surface area contributed by atoms with Gasteiger partial charge in [-0.15, -0.1) is 0 Å². The van der Waals surface area contributed by atoms with Gasteiger partial charge in [0.1, 0.15) is 17.3 Å². The Morgan fingerprint density at radius 1 is 1.47 bits per heavy atom. The zero-order valence-corrected chi connectivity index (χ0v) is 9.29. The van der Waals surface area contributed by atoms with Crippen LogP contribution in [-0.2, 0) is 0 Å². The molecular weight excluding hydrogens is 193 g/mol. The number of ether oxygens (including phenoxy) is 1. The van der Waals surface area contributed by atoms with Crippen LogP contribution in [0.5, 0.6) is 5.75 Å². The largest absolute Gasteiger partial charge is 0.491 e. The predicted molar refractivity (Wildman–Crippen MR) is 60.4 cm³/mol. The predicted octanol–water partition coefficient (Wildman–Crippen LogP) is 3.22. The lowest BCUT2D eigenvalue weighted by atomic mass is 10.1. The van der Waals surface area contributed by atoms with E-state index >= 15 is 0 Å². The Bertz CT molecular complexity index is 314. The first-order valence-corrected chi connectivity index (χ1v) is 5.32. The monoisotopic (exact) mass is 211 g/mol. The van der Waals surface area contributed by atoms with Gasteiger partial charge >= 0.3 is 0 Å².